The van der Waals surface area contributed by atoms with E-state index in [0.717, 1.165) is 36.8 Å². The van der Waals surface area contributed by atoms with Gasteiger partial charge in [-0.15, -0.1) is 0 Å². The third kappa shape index (κ3) is 4.88. The highest BCUT2D eigenvalue weighted by atomic mass is 16.7. The maximum Gasteiger partial charge on any atom is 0.495 e. The Morgan fingerprint density at radius 3 is 2.29 bits per heavy atom. The average molecular weight is 419 g/mol. The summed E-state index contributed by atoms with van der Waals surface area (Å²) < 4.78 is 12.7. The van der Waals surface area contributed by atoms with Crippen LogP contribution in [-0.2, 0) is 27.1 Å². The van der Waals surface area contributed by atoms with Crippen LogP contribution in [0.15, 0.2) is 48.5 Å². The zero-order valence-electron chi connectivity index (χ0n) is 19.5. The van der Waals surface area contributed by atoms with Crippen molar-refractivity contribution in [3.05, 3.63) is 65.2 Å². The van der Waals surface area contributed by atoms with Crippen molar-refractivity contribution in [3.63, 3.8) is 0 Å². The number of hydrogen-bond acceptors (Lipinski definition) is 3. The molecule has 0 radical (unpaired) electrons. The van der Waals surface area contributed by atoms with E-state index in [9.17, 15) is 4.79 Å². The molecule has 0 aromatic heterocycles. The summed E-state index contributed by atoms with van der Waals surface area (Å²) in [6, 6.07) is 16.8. The molecule has 0 bridgehead atoms. The van der Waals surface area contributed by atoms with Crippen LogP contribution in [0.25, 0.3) is 0 Å². The van der Waals surface area contributed by atoms with Gasteiger partial charge in [0.2, 0.25) is 5.91 Å². The summed E-state index contributed by atoms with van der Waals surface area (Å²) in [7, 11) is -0.424. The summed E-state index contributed by atoms with van der Waals surface area (Å²) in [6.07, 6.45) is 2.88. The standard InChI is InChI=1S/C26H34BNO3/c1-19-11-14-23(27-30-25(2,3)26(4,5)31-27)22(17-19)18-28(24(29)21-12-13-21)16-15-20-9-7-6-8-10-20/h6-11,14,17,21H,12-13,15-16,18H2,1-5H3. The Kier molecular flexibility index (Phi) is 6.02. The number of benzene rings is 2. The minimum atomic E-state index is -0.424. The SMILES string of the molecule is Cc1ccc(B2OC(C)(C)C(C)(C)O2)c(CN(CCc2ccccc2)C(=O)C2CC2)c1. The molecular weight excluding hydrogens is 385 g/mol. The zero-order chi connectivity index (χ0) is 22.2. The van der Waals surface area contributed by atoms with Gasteiger partial charge in [0.15, 0.2) is 0 Å². The fourth-order valence-corrected chi connectivity index (χ4v) is 4.04. The Morgan fingerprint density at radius 2 is 1.68 bits per heavy atom. The van der Waals surface area contributed by atoms with Gasteiger partial charge in [-0.25, -0.2) is 0 Å². The second-order valence-corrected chi connectivity index (χ2v) is 10.1. The average Bonchev–Trinajstić information content (AvgIpc) is 3.52. The van der Waals surface area contributed by atoms with Gasteiger partial charge in [-0.1, -0.05) is 54.1 Å². The zero-order valence-corrected chi connectivity index (χ0v) is 19.5. The number of carbonyl (C=O) groups excluding carboxylic acids is 1. The highest BCUT2D eigenvalue weighted by Crippen LogP contribution is 2.37. The molecule has 4 rings (SSSR count). The van der Waals surface area contributed by atoms with Gasteiger partial charge >= 0.3 is 7.12 Å². The molecule has 0 spiro atoms. The predicted octanol–water partition coefficient (Wildman–Crippen LogP) is 4.28. The molecule has 1 amide bonds. The number of carbonyl (C=O) groups is 1. The Morgan fingerprint density at radius 1 is 1.03 bits per heavy atom. The second kappa shape index (κ2) is 8.44. The van der Waals surface area contributed by atoms with Crippen LogP contribution < -0.4 is 5.46 Å². The van der Waals surface area contributed by atoms with E-state index in [1.54, 1.807) is 0 Å². The van der Waals surface area contributed by atoms with E-state index in [-0.39, 0.29) is 11.8 Å². The lowest BCUT2D eigenvalue weighted by Gasteiger charge is -2.32. The maximum absolute atomic E-state index is 13.1. The molecular formula is C26H34BNO3. The molecule has 1 heterocycles. The van der Waals surface area contributed by atoms with E-state index in [1.807, 2.05) is 11.0 Å². The van der Waals surface area contributed by atoms with Gasteiger partial charge in [-0.3, -0.25) is 4.79 Å². The van der Waals surface area contributed by atoms with Crippen LogP contribution in [0, 0.1) is 12.8 Å². The smallest absolute Gasteiger partial charge is 0.399 e. The highest BCUT2D eigenvalue weighted by Gasteiger charge is 2.52. The Bertz CT molecular complexity index is 921. The molecule has 2 aliphatic rings. The quantitative estimate of drug-likeness (QED) is 0.629. The molecule has 2 fully saturated rings. The molecule has 1 aliphatic heterocycles. The fraction of sp³-hybridized carbons (Fsp3) is 0.500. The third-order valence-electron chi connectivity index (χ3n) is 6.92. The lowest BCUT2D eigenvalue weighted by Crippen LogP contribution is -2.41. The van der Waals surface area contributed by atoms with Gasteiger partial charge in [0.05, 0.1) is 11.2 Å². The van der Waals surface area contributed by atoms with E-state index in [4.69, 9.17) is 9.31 Å². The number of hydrogen-bond donors (Lipinski definition) is 0. The largest absolute Gasteiger partial charge is 0.495 e. The second-order valence-electron chi connectivity index (χ2n) is 10.1. The first-order chi connectivity index (χ1) is 14.7. The monoisotopic (exact) mass is 419 g/mol. The van der Waals surface area contributed by atoms with Crippen LogP contribution in [0.2, 0.25) is 0 Å². The Hall–Kier alpha value is -2.11. The summed E-state index contributed by atoms with van der Waals surface area (Å²) >= 11 is 0. The molecule has 0 N–H and O–H groups in total. The number of nitrogens with zero attached hydrogens (tertiary/aromatic N) is 1. The van der Waals surface area contributed by atoms with Crippen molar-refractivity contribution in [2.24, 2.45) is 5.92 Å². The van der Waals surface area contributed by atoms with Crippen molar-refractivity contribution in [2.45, 2.75) is 71.6 Å². The fourth-order valence-electron chi connectivity index (χ4n) is 4.04. The number of rotatable bonds is 7. The van der Waals surface area contributed by atoms with Gasteiger partial charge in [0.25, 0.3) is 0 Å². The molecule has 1 saturated heterocycles. The first kappa shape index (κ1) is 22.1. The van der Waals surface area contributed by atoms with Gasteiger partial charge in [0.1, 0.15) is 0 Å². The van der Waals surface area contributed by atoms with E-state index in [2.05, 4.69) is 77.1 Å². The molecule has 5 heteroatoms. The van der Waals surface area contributed by atoms with Crippen molar-refractivity contribution in [1.29, 1.82) is 0 Å². The molecule has 164 valence electrons. The van der Waals surface area contributed by atoms with Gasteiger partial charge in [0, 0.05) is 19.0 Å². The molecule has 1 saturated carbocycles. The Labute approximate surface area is 187 Å². The summed E-state index contributed by atoms with van der Waals surface area (Å²) in [5.41, 5.74) is 3.79. The predicted molar refractivity (Wildman–Crippen MR) is 125 cm³/mol. The van der Waals surface area contributed by atoms with Crippen LogP contribution >= 0.6 is 0 Å². The van der Waals surface area contributed by atoms with E-state index in [1.165, 1.54) is 11.1 Å². The lowest BCUT2D eigenvalue weighted by molar-refractivity contribution is -0.133. The van der Waals surface area contributed by atoms with E-state index < -0.39 is 18.3 Å². The summed E-state index contributed by atoms with van der Waals surface area (Å²) in [5.74, 6) is 0.471. The van der Waals surface area contributed by atoms with Gasteiger partial charge < -0.3 is 14.2 Å². The van der Waals surface area contributed by atoms with Crippen molar-refractivity contribution >= 4 is 18.5 Å². The minimum Gasteiger partial charge on any atom is -0.399 e. The summed E-state index contributed by atoms with van der Waals surface area (Å²) in [5, 5.41) is 0. The molecule has 1 aliphatic carbocycles. The topological polar surface area (TPSA) is 38.8 Å². The normalized spacial score (nSPS) is 19.5. The van der Waals surface area contributed by atoms with Crippen molar-refractivity contribution < 1.29 is 14.1 Å². The maximum atomic E-state index is 13.1. The molecule has 31 heavy (non-hydrogen) atoms. The minimum absolute atomic E-state index is 0.195. The van der Waals surface area contributed by atoms with Crippen molar-refractivity contribution in [3.8, 4) is 0 Å². The first-order valence-corrected chi connectivity index (χ1v) is 11.4. The third-order valence-corrected chi connectivity index (χ3v) is 6.92. The Balaban J connectivity index is 1.58. The molecule has 4 nitrogen and oxygen atoms in total. The van der Waals surface area contributed by atoms with Gasteiger partial charge in [-0.2, -0.15) is 0 Å². The van der Waals surface area contributed by atoms with Crippen LogP contribution in [0.1, 0.15) is 57.2 Å². The molecule has 0 atom stereocenters. The molecule has 2 aromatic carbocycles. The molecule has 0 unspecified atom stereocenters. The number of aryl methyl sites for hydroxylation is 1. The summed E-state index contributed by atoms with van der Waals surface area (Å²) in [6.45, 7) is 11.7. The van der Waals surface area contributed by atoms with E-state index >= 15 is 0 Å². The number of amides is 1. The molecule has 2 aromatic rings. The summed E-state index contributed by atoms with van der Waals surface area (Å²) in [4.78, 5) is 15.2. The van der Waals surface area contributed by atoms with Crippen LogP contribution in [0.4, 0.5) is 0 Å². The highest BCUT2D eigenvalue weighted by molar-refractivity contribution is 6.62. The van der Waals surface area contributed by atoms with E-state index in [0.29, 0.717) is 6.54 Å². The van der Waals surface area contributed by atoms with Gasteiger partial charge in [-0.05, 0) is 70.5 Å². The van der Waals surface area contributed by atoms with Crippen molar-refractivity contribution in [1.82, 2.24) is 4.90 Å². The first-order valence-electron chi connectivity index (χ1n) is 11.4. The van der Waals surface area contributed by atoms with Crippen LogP contribution in [0.5, 0.6) is 0 Å². The van der Waals surface area contributed by atoms with Crippen LogP contribution in [0.3, 0.4) is 0 Å². The van der Waals surface area contributed by atoms with Crippen LogP contribution in [-0.4, -0.2) is 35.7 Å². The van der Waals surface area contributed by atoms with Crippen molar-refractivity contribution in [2.75, 3.05) is 6.54 Å². The lowest BCUT2D eigenvalue weighted by atomic mass is 9.75.